The van der Waals surface area contributed by atoms with Gasteiger partial charge in [0.2, 0.25) is 0 Å². The first-order valence-corrected chi connectivity index (χ1v) is 7.58. The molecule has 0 amide bonds. The van der Waals surface area contributed by atoms with Crippen molar-refractivity contribution >= 4 is 11.8 Å². The molecule has 0 aliphatic rings. The van der Waals surface area contributed by atoms with Crippen LogP contribution in [0.2, 0.25) is 0 Å². The van der Waals surface area contributed by atoms with Gasteiger partial charge in [0.25, 0.3) is 0 Å². The molecular weight excluding hydrogens is 263 g/mol. The second-order valence-corrected chi connectivity index (χ2v) is 6.04. The summed E-state index contributed by atoms with van der Waals surface area (Å²) >= 11 is 1.86. The van der Waals surface area contributed by atoms with E-state index in [1.165, 1.54) is 13.2 Å². The molecule has 5 heteroatoms. The summed E-state index contributed by atoms with van der Waals surface area (Å²) < 4.78 is 18.5. The van der Waals surface area contributed by atoms with E-state index in [4.69, 9.17) is 10.6 Å². The highest BCUT2D eigenvalue weighted by molar-refractivity contribution is 7.99. The topological polar surface area (TPSA) is 47.3 Å². The highest BCUT2D eigenvalue weighted by Gasteiger charge is 2.10. The van der Waals surface area contributed by atoms with Gasteiger partial charge in [-0.15, -0.1) is 0 Å². The monoisotopic (exact) mass is 286 g/mol. The second kappa shape index (κ2) is 8.40. The van der Waals surface area contributed by atoms with Gasteiger partial charge in [0.1, 0.15) is 0 Å². The van der Waals surface area contributed by atoms with Crippen molar-refractivity contribution < 1.29 is 9.13 Å². The number of halogens is 1. The Bertz CT molecular complexity index is 388. The van der Waals surface area contributed by atoms with E-state index in [1.807, 2.05) is 17.8 Å². The van der Waals surface area contributed by atoms with Gasteiger partial charge in [-0.25, -0.2) is 4.39 Å². The normalized spacial score (nSPS) is 12.7. The molecule has 0 saturated heterocycles. The van der Waals surface area contributed by atoms with Crippen molar-refractivity contribution in [2.45, 2.75) is 26.3 Å². The Labute approximate surface area is 119 Å². The molecule has 0 bridgehead atoms. The van der Waals surface area contributed by atoms with E-state index in [0.29, 0.717) is 12.3 Å². The molecule has 1 rings (SSSR count). The van der Waals surface area contributed by atoms with Crippen molar-refractivity contribution in [1.82, 2.24) is 5.43 Å². The zero-order chi connectivity index (χ0) is 14.3. The predicted octanol–water partition coefficient (Wildman–Crippen LogP) is 2.60. The van der Waals surface area contributed by atoms with Crippen molar-refractivity contribution in [3.8, 4) is 5.75 Å². The minimum absolute atomic E-state index is 0.150. The first-order chi connectivity index (χ1) is 9.06. The average Bonchev–Trinajstić information content (AvgIpc) is 2.37. The summed E-state index contributed by atoms with van der Waals surface area (Å²) in [6.45, 7) is 4.38. The third-order valence-corrected chi connectivity index (χ3v) is 4.24. The van der Waals surface area contributed by atoms with E-state index in [1.54, 1.807) is 6.07 Å². The Morgan fingerprint density at radius 3 is 2.63 bits per heavy atom. The molecule has 0 aromatic heterocycles. The van der Waals surface area contributed by atoms with Crippen molar-refractivity contribution in [2.75, 3.05) is 18.6 Å². The number of hydrogen-bond donors (Lipinski definition) is 2. The SMILES string of the molecule is COc1ccc(CC(CSCC(C)C)NN)cc1F. The molecule has 1 aromatic carbocycles. The Kier molecular flexibility index (Phi) is 7.20. The molecule has 1 atom stereocenters. The molecule has 3 N–H and O–H groups in total. The van der Waals surface area contributed by atoms with E-state index in [9.17, 15) is 4.39 Å². The van der Waals surface area contributed by atoms with Crippen molar-refractivity contribution in [1.29, 1.82) is 0 Å². The number of thioether (sulfide) groups is 1. The Balaban J connectivity index is 2.53. The van der Waals surface area contributed by atoms with E-state index < -0.39 is 0 Å². The molecule has 0 saturated carbocycles. The van der Waals surface area contributed by atoms with Crippen LogP contribution in [0.25, 0.3) is 0 Å². The molecule has 1 unspecified atom stereocenters. The van der Waals surface area contributed by atoms with Crippen molar-refractivity contribution in [2.24, 2.45) is 11.8 Å². The molecule has 0 heterocycles. The number of hydrazine groups is 1. The van der Waals surface area contributed by atoms with Gasteiger partial charge < -0.3 is 4.74 Å². The van der Waals surface area contributed by atoms with Crippen LogP contribution in [0, 0.1) is 11.7 Å². The number of hydrogen-bond acceptors (Lipinski definition) is 4. The van der Waals surface area contributed by atoms with Gasteiger partial charge in [-0.1, -0.05) is 19.9 Å². The average molecular weight is 286 g/mol. The fourth-order valence-electron chi connectivity index (χ4n) is 1.73. The van der Waals surface area contributed by atoms with Crippen LogP contribution in [0.1, 0.15) is 19.4 Å². The molecule has 3 nitrogen and oxygen atoms in total. The van der Waals surface area contributed by atoms with E-state index in [0.717, 1.165) is 17.1 Å². The van der Waals surface area contributed by atoms with E-state index in [-0.39, 0.29) is 17.6 Å². The van der Waals surface area contributed by atoms with Crippen LogP contribution >= 0.6 is 11.8 Å². The third-order valence-electron chi connectivity index (χ3n) is 2.70. The Morgan fingerprint density at radius 1 is 1.37 bits per heavy atom. The van der Waals surface area contributed by atoms with Crippen molar-refractivity contribution in [3.05, 3.63) is 29.6 Å². The zero-order valence-electron chi connectivity index (χ0n) is 11.8. The van der Waals surface area contributed by atoms with Crippen LogP contribution in [0.4, 0.5) is 4.39 Å². The Morgan fingerprint density at radius 2 is 2.11 bits per heavy atom. The molecule has 0 spiro atoms. The van der Waals surface area contributed by atoms with Gasteiger partial charge >= 0.3 is 0 Å². The zero-order valence-corrected chi connectivity index (χ0v) is 12.6. The van der Waals surface area contributed by atoms with Crippen LogP contribution in [-0.4, -0.2) is 24.7 Å². The van der Waals surface area contributed by atoms with Crippen LogP contribution in [0.3, 0.4) is 0 Å². The van der Waals surface area contributed by atoms with Gasteiger partial charge in [-0.05, 0) is 35.8 Å². The third kappa shape index (κ3) is 5.80. The summed E-state index contributed by atoms with van der Waals surface area (Å²) in [5.41, 5.74) is 3.72. The maximum Gasteiger partial charge on any atom is 0.165 e. The number of rotatable bonds is 8. The van der Waals surface area contributed by atoms with Crippen LogP contribution < -0.4 is 16.0 Å². The lowest BCUT2D eigenvalue weighted by Crippen LogP contribution is -2.38. The number of nitrogens with one attached hydrogen (secondary N) is 1. The first kappa shape index (κ1) is 16.3. The Hall–Kier alpha value is -0.780. The second-order valence-electron chi connectivity index (χ2n) is 4.97. The lowest BCUT2D eigenvalue weighted by molar-refractivity contribution is 0.386. The maximum absolute atomic E-state index is 13.6. The van der Waals surface area contributed by atoms with Gasteiger partial charge in [0.15, 0.2) is 11.6 Å². The quantitative estimate of drug-likeness (QED) is 0.569. The maximum atomic E-state index is 13.6. The summed E-state index contributed by atoms with van der Waals surface area (Å²) in [6, 6.07) is 5.19. The summed E-state index contributed by atoms with van der Waals surface area (Å²) in [5, 5.41) is 0. The largest absolute Gasteiger partial charge is 0.494 e. The minimum atomic E-state index is -0.328. The summed E-state index contributed by atoms with van der Waals surface area (Å²) in [7, 11) is 1.46. The molecule has 1 aromatic rings. The molecule has 0 fully saturated rings. The lowest BCUT2D eigenvalue weighted by atomic mass is 10.1. The van der Waals surface area contributed by atoms with Gasteiger partial charge in [-0.2, -0.15) is 11.8 Å². The fraction of sp³-hybridized carbons (Fsp3) is 0.571. The molecule has 0 radical (unpaired) electrons. The minimum Gasteiger partial charge on any atom is -0.494 e. The number of methoxy groups -OCH3 is 1. The summed E-state index contributed by atoms with van der Waals surface area (Å²) in [5.74, 6) is 8.19. The summed E-state index contributed by atoms with van der Waals surface area (Å²) in [6.07, 6.45) is 0.711. The first-order valence-electron chi connectivity index (χ1n) is 6.43. The summed E-state index contributed by atoms with van der Waals surface area (Å²) in [4.78, 5) is 0. The van der Waals surface area contributed by atoms with Gasteiger partial charge in [0, 0.05) is 11.8 Å². The van der Waals surface area contributed by atoms with Crippen LogP contribution in [0.5, 0.6) is 5.75 Å². The lowest BCUT2D eigenvalue weighted by Gasteiger charge is -2.16. The molecule has 0 aliphatic carbocycles. The fourth-order valence-corrected chi connectivity index (χ4v) is 2.84. The smallest absolute Gasteiger partial charge is 0.165 e. The van der Waals surface area contributed by atoms with Gasteiger partial charge in [0.05, 0.1) is 7.11 Å². The standard InChI is InChI=1S/C14H23FN2OS/c1-10(2)8-19-9-12(17-16)6-11-4-5-14(18-3)13(15)7-11/h4-5,7,10,12,17H,6,8-9,16H2,1-3H3. The highest BCUT2D eigenvalue weighted by atomic mass is 32.2. The van der Waals surface area contributed by atoms with E-state index >= 15 is 0 Å². The number of benzene rings is 1. The molecule has 19 heavy (non-hydrogen) atoms. The predicted molar refractivity (Wildman–Crippen MR) is 79.9 cm³/mol. The number of nitrogens with two attached hydrogens (primary N) is 1. The van der Waals surface area contributed by atoms with Gasteiger partial charge in [-0.3, -0.25) is 11.3 Å². The highest BCUT2D eigenvalue weighted by Crippen LogP contribution is 2.19. The van der Waals surface area contributed by atoms with Crippen LogP contribution in [0.15, 0.2) is 18.2 Å². The van der Waals surface area contributed by atoms with Crippen LogP contribution in [-0.2, 0) is 6.42 Å². The molecule has 108 valence electrons. The van der Waals surface area contributed by atoms with E-state index in [2.05, 4.69) is 19.3 Å². The molecule has 0 aliphatic heterocycles. The number of ether oxygens (including phenoxy) is 1. The molecular formula is C14H23FN2OS. The van der Waals surface area contributed by atoms with Crippen molar-refractivity contribution in [3.63, 3.8) is 0 Å².